The Morgan fingerprint density at radius 2 is 1.81 bits per heavy atom. The molecule has 138 valence electrons. The number of hydrogen-bond acceptors (Lipinski definition) is 5. The van der Waals surface area contributed by atoms with E-state index in [-0.39, 0.29) is 6.42 Å². The Balaban J connectivity index is 1.93. The van der Waals surface area contributed by atoms with Crippen LogP contribution in [0.2, 0.25) is 5.02 Å². The number of hydrogen-bond donors (Lipinski definition) is 1. The Labute approximate surface area is 157 Å². The first kappa shape index (κ1) is 19.6. The zero-order valence-electron chi connectivity index (χ0n) is 14.7. The quantitative estimate of drug-likeness (QED) is 0.748. The average molecular weight is 378 g/mol. The molecule has 0 radical (unpaired) electrons. The Morgan fingerprint density at radius 3 is 2.46 bits per heavy atom. The summed E-state index contributed by atoms with van der Waals surface area (Å²) in [4.78, 5) is 24.2. The number of methoxy groups -OCH3 is 2. The molecule has 0 bridgehead atoms. The van der Waals surface area contributed by atoms with Crippen LogP contribution in [-0.2, 0) is 20.7 Å². The van der Waals surface area contributed by atoms with Crippen LogP contribution in [0.3, 0.4) is 0 Å². The number of ether oxygens (including phenoxy) is 3. The van der Waals surface area contributed by atoms with Crippen molar-refractivity contribution in [2.24, 2.45) is 0 Å². The molecule has 1 N–H and O–H groups in total. The van der Waals surface area contributed by atoms with Gasteiger partial charge in [-0.25, -0.2) is 0 Å². The Kier molecular flexibility index (Phi) is 6.86. The van der Waals surface area contributed by atoms with E-state index in [1.165, 1.54) is 21.1 Å². The second-order valence-corrected chi connectivity index (χ2v) is 5.93. The van der Waals surface area contributed by atoms with Gasteiger partial charge >= 0.3 is 5.97 Å². The van der Waals surface area contributed by atoms with E-state index in [0.29, 0.717) is 27.8 Å². The van der Waals surface area contributed by atoms with E-state index >= 15 is 0 Å². The summed E-state index contributed by atoms with van der Waals surface area (Å²) in [5, 5.41) is 3.15. The lowest BCUT2D eigenvalue weighted by molar-refractivity contribution is -0.152. The third kappa shape index (κ3) is 5.39. The molecule has 0 fully saturated rings. The molecule has 0 saturated heterocycles. The fourth-order valence-corrected chi connectivity index (χ4v) is 2.45. The number of amides is 1. The highest BCUT2D eigenvalue weighted by atomic mass is 35.5. The number of esters is 1. The van der Waals surface area contributed by atoms with Gasteiger partial charge in [0.05, 0.1) is 20.6 Å². The molecule has 2 aromatic rings. The van der Waals surface area contributed by atoms with Gasteiger partial charge in [-0.3, -0.25) is 9.59 Å². The van der Waals surface area contributed by atoms with Gasteiger partial charge in [-0.1, -0.05) is 23.7 Å². The smallest absolute Gasteiger partial charge is 0.311 e. The highest BCUT2D eigenvalue weighted by Crippen LogP contribution is 2.27. The van der Waals surface area contributed by atoms with Crippen molar-refractivity contribution in [3.63, 3.8) is 0 Å². The van der Waals surface area contributed by atoms with E-state index in [1.54, 1.807) is 42.5 Å². The van der Waals surface area contributed by atoms with Crippen molar-refractivity contribution in [3.05, 3.63) is 53.1 Å². The zero-order chi connectivity index (χ0) is 19.1. The SMILES string of the molecule is COc1ccc(CC(=O)OC(C)C(=O)Nc2cccc(Cl)c2)cc1OC. The topological polar surface area (TPSA) is 73.9 Å². The third-order valence-electron chi connectivity index (χ3n) is 3.57. The van der Waals surface area contributed by atoms with Crippen LogP contribution in [0.1, 0.15) is 12.5 Å². The van der Waals surface area contributed by atoms with Gasteiger partial charge in [-0.15, -0.1) is 0 Å². The zero-order valence-corrected chi connectivity index (χ0v) is 15.5. The number of rotatable bonds is 7. The van der Waals surface area contributed by atoms with Gasteiger partial charge < -0.3 is 19.5 Å². The van der Waals surface area contributed by atoms with Gasteiger partial charge in [0.15, 0.2) is 17.6 Å². The van der Waals surface area contributed by atoms with Crippen molar-refractivity contribution in [2.45, 2.75) is 19.4 Å². The van der Waals surface area contributed by atoms with Crippen molar-refractivity contribution < 1.29 is 23.8 Å². The Morgan fingerprint density at radius 1 is 1.08 bits per heavy atom. The molecule has 6 nitrogen and oxygen atoms in total. The molecule has 0 heterocycles. The van der Waals surface area contributed by atoms with Crippen molar-refractivity contribution in [3.8, 4) is 11.5 Å². The van der Waals surface area contributed by atoms with Crippen molar-refractivity contribution in [1.82, 2.24) is 0 Å². The van der Waals surface area contributed by atoms with Gasteiger partial charge in [0.25, 0.3) is 5.91 Å². The summed E-state index contributed by atoms with van der Waals surface area (Å²) in [6.45, 7) is 1.51. The molecule has 0 aliphatic rings. The molecule has 26 heavy (non-hydrogen) atoms. The molecule has 1 atom stereocenters. The van der Waals surface area contributed by atoms with Gasteiger partial charge in [0, 0.05) is 10.7 Å². The molecule has 0 spiro atoms. The van der Waals surface area contributed by atoms with Crippen LogP contribution in [0.5, 0.6) is 11.5 Å². The van der Waals surface area contributed by atoms with Crippen molar-refractivity contribution in [2.75, 3.05) is 19.5 Å². The predicted molar refractivity (Wildman–Crippen MR) is 98.9 cm³/mol. The monoisotopic (exact) mass is 377 g/mol. The maximum Gasteiger partial charge on any atom is 0.311 e. The summed E-state index contributed by atoms with van der Waals surface area (Å²) in [7, 11) is 3.05. The van der Waals surface area contributed by atoms with Crippen LogP contribution in [0.4, 0.5) is 5.69 Å². The van der Waals surface area contributed by atoms with Crippen LogP contribution in [0.15, 0.2) is 42.5 Å². The number of benzene rings is 2. The van der Waals surface area contributed by atoms with Crippen LogP contribution in [0.25, 0.3) is 0 Å². The van der Waals surface area contributed by atoms with E-state index in [1.807, 2.05) is 0 Å². The third-order valence-corrected chi connectivity index (χ3v) is 3.80. The summed E-state index contributed by atoms with van der Waals surface area (Å²) in [6.07, 6.45) is -0.934. The van der Waals surface area contributed by atoms with Gasteiger partial charge in [0.2, 0.25) is 0 Å². The van der Waals surface area contributed by atoms with Gasteiger partial charge in [-0.05, 0) is 42.8 Å². The summed E-state index contributed by atoms with van der Waals surface area (Å²) >= 11 is 5.87. The number of halogens is 1. The molecule has 0 saturated carbocycles. The van der Waals surface area contributed by atoms with E-state index in [2.05, 4.69) is 5.32 Å². The number of nitrogens with one attached hydrogen (secondary N) is 1. The summed E-state index contributed by atoms with van der Waals surface area (Å²) < 4.78 is 15.5. The first-order chi connectivity index (χ1) is 12.4. The van der Waals surface area contributed by atoms with E-state index in [4.69, 9.17) is 25.8 Å². The lowest BCUT2D eigenvalue weighted by Gasteiger charge is -2.14. The predicted octanol–water partition coefficient (Wildman–Crippen LogP) is 3.47. The lowest BCUT2D eigenvalue weighted by Crippen LogP contribution is -2.30. The first-order valence-corrected chi connectivity index (χ1v) is 8.27. The van der Waals surface area contributed by atoms with Crippen LogP contribution in [0, 0.1) is 0 Å². The normalized spacial score (nSPS) is 11.4. The standard InChI is InChI=1S/C19H20ClNO5/c1-12(19(23)21-15-6-4-5-14(20)11-15)26-18(22)10-13-7-8-16(24-2)17(9-13)25-3/h4-9,11-12H,10H2,1-3H3,(H,21,23). The minimum absolute atomic E-state index is 0.00907. The maximum absolute atomic E-state index is 12.1. The fraction of sp³-hybridized carbons (Fsp3) is 0.263. The average Bonchev–Trinajstić information content (AvgIpc) is 2.61. The molecule has 0 aliphatic carbocycles. The van der Waals surface area contributed by atoms with Gasteiger partial charge in [-0.2, -0.15) is 0 Å². The van der Waals surface area contributed by atoms with Gasteiger partial charge in [0.1, 0.15) is 0 Å². The molecule has 1 unspecified atom stereocenters. The number of carbonyl (C=O) groups excluding carboxylic acids is 2. The highest BCUT2D eigenvalue weighted by Gasteiger charge is 2.18. The summed E-state index contributed by atoms with van der Waals surface area (Å²) in [6, 6.07) is 11.8. The first-order valence-electron chi connectivity index (χ1n) is 7.89. The fourth-order valence-electron chi connectivity index (χ4n) is 2.26. The van der Waals surface area contributed by atoms with Crippen molar-refractivity contribution >= 4 is 29.2 Å². The minimum atomic E-state index is -0.943. The highest BCUT2D eigenvalue weighted by molar-refractivity contribution is 6.30. The number of anilines is 1. The molecule has 0 aliphatic heterocycles. The minimum Gasteiger partial charge on any atom is -0.493 e. The summed E-state index contributed by atoms with van der Waals surface area (Å²) in [5.74, 6) is 0.127. The second kappa shape index (κ2) is 9.10. The lowest BCUT2D eigenvalue weighted by atomic mass is 10.1. The Bertz CT molecular complexity index is 793. The molecule has 0 aromatic heterocycles. The van der Waals surface area contributed by atoms with E-state index in [9.17, 15) is 9.59 Å². The van der Waals surface area contributed by atoms with Crippen LogP contribution < -0.4 is 14.8 Å². The maximum atomic E-state index is 12.1. The van der Waals surface area contributed by atoms with Crippen LogP contribution in [-0.4, -0.2) is 32.2 Å². The molecule has 2 rings (SSSR count). The largest absolute Gasteiger partial charge is 0.493 e. The molecule has 1 amide bonds. The molecule has 7 heteroatoms. The van der Waals surface area contributed by atoms with Crippen LogP contribution >= 0.6 is 11.6 Å². The summed E-state index contributed by atoms with van der Waals surface area (Å²) in [5.41, 5.74) is 1.22. The number of carbonyl (C=O) groups is 2. The Hall–Kier alpha value is -2.73. The molecular weight excluding hydrogens is 358 g/mol. The van der Waals surface area contributed by atoms with E-state index in [0.717, 1.165) is 0 Å². The molecular formula is C19H20ClNO5. The second-order valence-electron chi connectivity index (χ2n) is 5.50. The van der Waals surface area contributed by atoms with Crippen molar-refractivity contribution in [1.29, 1.82) is 0 Å². The molecule has 2 aromatic carbocycles. The van der Waals surface area contributed by atoms with E-state index < -0.39 is 18.0 Å².